The van der Waals surface area contributed by atoms with E-state index in [9.17, 15) is 4.79 Å². The Bertz CT molecular complexity index is 806. The van der Waals surface area contributed by atoms with E-state index < -0.39 is 0 Å². The number of nitrogens with zero attached hydrogens (tertiary/aromatic N) is 3. The highest BCUT2D eigenvalue weighted by atomic mass is 32.2. The highest BCUT2D eigenvalue weighted by Crippen LogP contribution is 2.24. The zero-order chi connectivity index (χ0) is 20.6. The van der Waals surface area contributed by atoms with E-state index in [-0.39, 0.29) is 5.91 Å². The van der Waals surface area contributed by atoms with Gasteiger partial charge in [0, 0.05) is 32.8 Å². The van der Waals surface area contributed by atoms with E-state index in [1.54, 1.807) is 13.2 Å². The van der Waals surface area contributed by atoms with Gasteiger partial charge in [0.25, 0.3) is 5.91 Å². The Balaban J connectivity index is 1.65. The summed E-state index contributed by atoms with van der Waals surface area (Å²) in [7, 11) is 1.65. The van der Waals surface area contributed by atoms with Crippen LogP contribution in [0.25, 0.3) is 0 Å². The molecule has 2 aromatic rings. The average Bonchev–Trinajstić information content (AvgIpc) is 3.20. The molecule has 2 aromatic heterocycles. The number of amides is 1. The van der Waals surface area contributed by atoms with E-state index in [1.165, 1.54) is 11.8 Å². The molecule has 158 valence electrons. The van der Waals surface area contributed by atoms with Crippen LogP contribution in [0.1, 0.15) is 35.9 Å². The quantitative estimate of drug-likeness (QED) is 0.489. The lowest BCUT2D eigenvalue weighted by Gasteiger charge is -2.28. The number of anilines is 1. The molecule has 29 heavy (non-hydrogen) atoms. The summed E-state index contributed by atoms with van der Waals surface area (Å²) in [5.74, 6) is 2.65. The van der Waals surface area contributed by atoms with Crippen molar-refractivity contribution in [1.82, 2.24) is 15.3 Å². The Labute approximate surface area is 175 Å². The fourth-order valence-corrected chi connectivity index (χ4v) is 3.56. The minimum Gasteiger partial charge on any atom is -0.455 e. The number of methoxy groups -OCH3 is 1. The first-order valence-corrected chi connectivity index (χ1v) is 10.7. The molecule has 0 spiro atoms. The van der Waals surface area contributed by atoms with E-state index in [4.69, 9.17) is 18.9 Å². The molecule has 1 amide bonds. The first kappa shape index (κ1) is 21.6. The van der Waals surface area contributed by atoms with Gasteiger partial charge in [-0.15, -0.1) is 0 Å². The number of ether oxygens (including phenoxy) is 2. The molecule has 0 aromatic carbocycles. The number of carbonyl (C=O) groups is 1. The first-order chi connectivity index (χ1) is 14.0. The van der Waals surface area contributed by atoms with Crippen molar-refractivity contribution >= 4 is 23.5 Å². The van der Waals surface area contributed by atoms with E-state index in [0.29, 0.717) is 54.7 Å². The molecule has 1 saturated heterocycles. The van der Waals surface area contributed by atoms with Crippen LogP contribution in [0.5, 0.6) is 0 Å². The van der Waals surface area contributed by atoms with Gasteiger partial charge in [-0.3, -0.25) is 4.79 Å². The van der Waals surface area contributed by atoms with Crippen LogP contribution in [0.3, 0.4) is 0 Å². The Kier molecular flexibility index (Phi) is 7.91. The van der Waals surface area contributed by atoms with Gasteiger partial charge in [0.05, 0.1) is 31.3 Å². The Morgan fingerprint density at radius 3 is 2.83 bits per heavy atom. The molecule has 3 rings (SSSR count). The van der Waals surface area contributed by atoms with Gasteiger partial charge in [-0.25, -0.2) is 9.97 Å². The number of hydrogen-bond donors (Lipinski definition) is 1. The smallest absolute Gasteiger partial charge is 0.287 e. The Morgan fingerprint density at radius 1 is 1.31 bits per heavy atom. The van der Waals surface area contributed by atoms with Crippen molar-refractivity contribution in [2.24, 2.45) is 5.92 Å². The summed E-state index contributed by atoms with van der Waals surface area (Å²) in [6, 6.07) is 5.48. The Morgan fingerprint density at radius 2 is 2.10 bits per heavy atom. The fraction of sp³-hybridized carbons (Fsp3) is 0.550. The standard InChI is InChI=1S/C20H28N4O4S/c1-14(2)11-21-19(25)17-5-4-16(28-17)13-29-20-22-15(12-26-3)10-18(23-20)24-6-8-27-9-7-24/h4-5,10,14H,6-9,11-13H2,1-3H3,(H,21,25). The second-order valence-electron chi connectivity index (χ2n) is 7.19. The third kappa shape index (κ3) is 6.45. The van der Waals surface area contributed by atoms with Crippen LogP contribution in [0, 0.1) is 5.92 Å². The molecule has 1 aliphatic rings. The molecule has 8 nitrogen and oxygen atoms in total. The topological polar surface area (TPSA) is 89.7 Å². The number of carbonyl (C=O) groups excluding carboxylic acids is 1. The Hall–Kier alpha value is -2.10. The molecule has 0 unspecified atom stereocenters. The molecule has 1 aliphatic heterocycles. The third-order valence-corrected chi connectivity index (χ3v) is 5.14. The molecule has 0 bridgehead atoms. The van der Waals surface area contributed by atoms with Crippen molar-refractivity contribution in [3.05, 3.63) is 35.4 Å². The maximum absolute atomic E-state index is 12.1. The lowest BCUT2D eigenvalue weighted by atomic mass is 10.2. The predicted octanol–water partition coefficient (Wildman–Crippen LogP) is 2.73. The molecule has 0 radical (unpaired) electrons. The number of furan rings is 1. The zero-order valence-electron chi connectivity index (χ0n) is 17.1. The van der Waals surface area contributed by atoms with Crippen LogP contribution in [-0.2, 0) is 21.8 Å². The van der Waals surface area contributed by atoms with Crippen LogP contribution >= 0.6 is 11.8 Å². The number of nitrogens with one attached hydrogen (secondary N) is 1. The molecule has 0 saturated carbocycles. The monoisotopic (exact) mass is 420 g/mol. The van der Waals surface area contributed by atoms with Crippen LogP contribution in [-0.4, -0.2) is 55.8 Å². The molecular weight excluding hydrogens is 392 g/mol. The first-order valence-electron chi connectivity index (χ1n) is 9.74. The normalized spacial score (nSPS) is 14.4. The van der Waals surface area contributed by atoms with Crippen LogP contribution in [0.4, 0.5) is 5.82 Å². The molecule has 0 aliphatic carbocycles. The number of morpholine rings is 1. The summed E-state index contributed by atoms with van der Waals surface area (Å²) in [5, 5.41) is 3.51. The van der Waals surface area contributed by atoms with Crippen molar-refractivity contribution in [2.45, 2.75) is 31.4 Å². The molecular formula is C20H28N4O4S. The van der Waals surface area contributed by atoms with Gasteiger partial charge in [-0.1, -0.05) is 25.6 Å². The van der Waals surface area contributed by atoms with Gasteiger partial charge >= 0.3 is 0 Å². The lowest BCUT2D eigenvalue weighted by molar-refractivity contribution is 0.0920. The van der Waals surface area contributed by atoms with Crippen LogP contribution in [0.15, 0.2) is 27.8 Å². The molecule has 0 atom stereocenters. The highest BCUT2D eigenvalue weighted by molar-refractivity contribution is 7.98. The van der Waals surface area contributed by atoms with Gasteiger partial charge in [-0.05, 0) is 18.1 Å². The zero-order valence-corrected chi connectivity index (χ0v) is 18.0. The summed E-state index contributed by atoms with van der Waals surface area (Å²) in [5.41, 5.74) is 0.833. The second-order valence-corrected chi connectivity index (χ2v) is 8.13. The van der Waals surface area contributed by atoms with Crippen molar-refractivity contribution in [3.8, 4) is 0 Å². The van der Waals surface area contributed by atoms with E-state index in [1.807, 2.05) is 26.0 Å². The second kappa shape index (κ2) is 10.6. The van der Waals surface area contributed by atoms with E-state index in [0.717, 1.165) is 24.6 Å². The van der Waals surface area contributed by atoms with Gasteiger partial charge < -0.3 is 24.1 Å². The summed E-state index contributed by atoms with van der Waals surface area (Å²) in [6.07, 6.45) is 0. The van der Waals surface area contributed by atoms with E-state index >= 15 is 0 Å². The van der Waals surface area contributed by atoms with E-state index in [2.05, 4.69) is 15.2 Å². The van der Waals surface area contributed by atoms with Crippen molar-refractivity contribution in [3.63, 3.8) is 0 Å². The van der Waals surface area contributed by atoms with Gasteiger partial charge in [0.2, 0.25) is 0 Å². The summed E-state index contributed by atoms with van der Waals surface area (Å²) in [4.78, 5) is 23.6. The van der Waals surface area contributed by atoms with Crippen LogP contribution in [0.2, 0.25) is 0 Å². The molecule has 9 heteroatoms. The predicted molar refractivity (Wildman–Crippen MR) is 111 cm³/mol. The number of hydrogen-bond acceptors (Lipinski definition) is 8. The van der Waals surface area contributed by atoms with Gasteiger partial charge in [0.15, 0.2) is 10.9 Å². The van der Waals surface area contributed by atoms with Gasteiger partial charge in [0.1, 0.15) is 11.6 Å². The maximum atomic E-state index is 12.1. The average molecular weight is 421 g/mol. The fourth-order valence-electron chi connectivity index (χ4n) is 2.80. The molecule has 3 heterocycles. The maximum Gasteiger partial charge on any atom is 0.287 e. The minimum absolute atomic E-state index is 0.192. The number of thioether (sulfide) groups is 1. The largest absolute Gasteiger partial charge is 0.455 e. The lowest BCUT2D eigenvalue weighted by Crippen LogP contribution is -2.37. The number of aromatic nitrogens is 2. The summed E-state index contributed by atoms with van der Waals surface area (Å²) in [6.45, 7) is 8.14. The third-order valence-electron chi connectivity index (χ3n) is 4.27. The molecule has 1 fully saturated rings. The molecule has 1 N–H and O–H groups in total. The number of rotatable bonds is 9. The SMILES string of the molecule is COCc1cc(N2CCOCC2)nc(SCc2ccc(C(=O)NCC(C)C)o2)n1. The summed E-state index contributed by atoms with van der Waals surface area (Å²) >= 11 is 1.47. The summed E-state index contributed by atoms with van der Waals surface area (Å²) < 4.78 is 16.4. The van der Waals surface area contributed by atoms with Crippen molar-refractivity contribution in [2.75, 3.05) is 44.9 Å². The highest BCUT2D eigenvalue weighted by Gasteiger charge is 2.16. The van der Waals surface area contributed by atoms with Gasteiger partial charge in [-0.2, -0.15) is 0 Å². The van der Waals surface area contributed by atoms with Crippen LogP contribution < -0.4 is 10.2 Å². The minimum atomic E-state index is -0.192. The van der Waals surface area contributed by atoms with Crippen molar-refractivity contribution < 1.29 is 18.7 Å². The van der Waals surface area contributed by atoms with Crippen molar-refractivity contribution in [1.29, 1.82) is 0 Å².